The summed E-state index contributed by atoms with van der Waals surface area (Å²) < 4.78 is 1.03. The third kappa shape index (κ3) is 4.06. The zero-order valence-corrected chi connectivity index (χ0v) is 22.7. The fourth-order valence-corrected chi connectivity index (χ4v) is 5.16. The molecule has 36 heavy (non-hydrogen) atoms. The van der Waals surface area contributed by atoms with E-state index in [1.165, 1.54) is 0 Å². The summed E-state index contributed by atoms with van der Waals surface area (Å²) in [7, 11) is 0. The number of benzene rings is 4. The summed E-state index contributed by atoms with van der Waals surface area (Å²) in [6, 6.07) is 18.9. The summed E-state index contributed by atoms with van der Waals surface area (Å²) in [4.78, 5) is 28.0. The zero-order valence-electron chi connectivity index (χ0n) is 19.5. The van der Waals surface area contributed by atoms with Crippen LogP contribution in [0.4, 0.5) is 34.1 Å². The van der Waals surface area contributed by atoms with E-state index >= 15 is 0 Å². The molecule has 6 nitrogen and oxygen atoms in total. The average Bonchev–Trinajstić information content (AvgIpc) is 2.84. The van der Waals surface area contributed by atoms with Crippen molar-refractivity contribution in [2.75, 3.05) is 22.1 Å². The van der Waals surface area contributed by atoms with Crippen LogP contribution in [0.25, 0.3) is 0 Å². The number of rotatable bonds is 4. The Morgan fingerprint density at radius 1 is 0.583 bits per heavy atom. The van der Waals surface area contributed by atoms with E-state index in [0.29, 0.717) is 20.3 Å². The van der Waals surface area contributed by atoms with Crippen LogP contribution in [0.5, 0.6) is 0 Å². The van der Waals surface area contributed by atoms with Crippen molar-refractivity contribution >= 4 is 77.6 Å². The normalized spacial score (nSPS) is 12.2. The Balaban J connectivity index is 1.70. The summed E-state index contributed by atoms with van der Waals surface area (Å²) in [6.07, 6.45) is 0. The molecule has 8 heteroatoms. The Kier molecular flexibility index (Phi) is 6.10. The van der Waals surface area contributed by atoms with Crippen molar-refractivity contribution in [1.82, 2.24) is 0 Å². The first-order valence-electron chi connectivity index (χ1n) is 11.2. The van der Waals surface area contributed by atoms with Gasteiger partial charge >= 0.3 is 0 Å². The lowest BCUT2D eigenvalue weighted by Gasteiger charge is -2.26. The van der Waals surface area contributed by atoms with Crippen LogP contribution in [0.3, 0.4) is 0 Å². The summed E-state index contributed by atoms with van der Waals surface area (Å²) in [5, 5.41) is 6.55. The lowest BCUT2D eigenvalue weighted by Crippen LogP contribution is -2.26. The highest BCUT2D eigenvalue weighted by Gasteiger charge is 2.38. The van der Waals surface area contributed by atoms with Crippen LogP contribution in [-0.2, 0) is 0 Å². The van der Waals surface area contributed by atoms with Crippen LogP contribution in [-0.4, -0.2) is 11.6 Å². The predicted octanol–water partition coefficient (Wildman–Crippen LogP) is 7.26. The maximum Gasteiger partial charge on any atom is 0.198 e. The number of nitrogen functional groups attached to an aromatic ring is 2. The molecule has 1 aliphatic rings. The minimum atomic E-state index is -0.376. The van der Waals surface area contributed by atoms with E-state index in [4.69, 9.17) is 11.5 Å². The average molecular weight is 606 g/mol. The second-order valence-electron chi connectivity index (χ2n) is 8.78. The van der Waals surface area contributed by atoms with E-state index in [2.05, 4.69) is 42.5 Å². The molecule has 5 rings (SSSR count). The Labute approximate surface area is 225 Å². The number of carbonyl (C=O) groups is 2. The first kappa shape index (κ1) is 24.1. The van der Waals surface area contributed by atoms with Crippen LogP contribution < -0.4 is 22.1 Å². The van der Waals surface area contributed by atoms with Gasteiger partial charge in [0.15, 0.2) is 11.6 Å². The van der Waals surface area contributed by atoms with E-state index in [-0.39, 0.29) is 45.2 Å². The van der Waals surface area contributed by atoms with Crippen molar-refractivity contribution in [3.05, 3.63) is 103 Å². The van der Waals surface area contributed by atoms with E-state index in [0.717, 1.165) is 22.5 Å². The van der Waals surface area contributed by atoms with Crippen molar-refractivity contribution in [3.8, 4) is 0 Å². The molecular formula is C28H22Br2N4O2. The molecule has 0 radical (unpaired) electrons. The van der Waals surface area contributed by atoms with Crippen LogP contribution in [0.15, 0.2) is 69.6 Å². The molecule has 0 aliphatic heterocycles. The summed E-state index contributed by atoms with van der Waals surface area (Å²) >= 11 is 6.93. The maximum atomic E-state index is 14.0. The quantitative estimate of drug-likeness (QED) is 0.161. The molecular weight excluding hydrogens is 584 g/mol. The second-order valence-corrected chi connectivity index (χ2v) is 10.5. The molecule has 0 fully saturated rings. The SMILES string of the molecule is Cc1ccc(Nc2cc(Br)c(N)c3c2C(=O)c2c(N)c(Br)cc(Nc4ccc(C)cc4)c2C3=O)cc1. The highest BCUT2D eigenvalue weighted by Crippen LogP contribution is 2.45. The minimum Gasteiger partial charge on any atom is -0.397 e. The van der Waals surface area contributed by atoms with Gasteiger partial charge in [-0.05, 0) is 82.1 Å². The molecule has 0 bridgehead atoms. The smallest absolute Gasteiger partial charge is 0.198 e. The Hall–Kier alpha value is -3.62. The van der Waals surface area contributed by atoms with Gasteiger partial charge in [0.2, 0.25) is 0 Å². The number of ketones is 2. The van der Waals surface area contributed by atoms with Gasteiger partial charge in [0.1, 0.15) is 0 Å². The third-order valence-corrected chi connectivity index (χ3v) is 7.52. The topological polar surface area (TPSA) is 110 Å². The zero-order chi connectivity index (χ0) is 25.7. The van der Waals surface area contributed by atoms with E-state index in [1.807, 2.05) is 62.4 Å². The van der Waals surface area contributed by atoms with Crippen molar-refractivity contribution in [2.45, 2.75) is 13.8 Å². The largest absolute Gasteiger partial charge is 0.397 e. The molecule has 0 saturated carbocycles. The summed E-state index contributed by atoms with van der Waals surface area (Å²) in [5.74, 6) is -0.752. The Morgan fingerprint density at radius 2 is 0.917 bits per heavy atom. The van der Waals surface area contributed by atoms with Gasteiger partial charge in [-0.1, -0.05) is 35.4 Å². The van der Waals surface area contributed by atoms with Crippen molar-refractivity contribution in [3.63, 3.8) is 0 Å². The lowest BCUT2D eigenvalue weighted by atomic mass is 9.80. The predicted molar refractivity (Wildman–Crippen MR) is 153 cm³/mol. The van der Waals surface area contributed by atoms with Gasteiger partial charge in [-0.15, -0.1) is 0 Å². The van der Waals surface area contributed by atoms with E-state index in [9.17, 15) is 9.59 Å². The molecule has 4 aromatic rings. The molecule has 0 amide bonds. The van der Waals surface area contributed by atoms with Gasteiger partial charge in [0, 0.05) is 20.3 Å². The first-order chi connectivity index (χ1) is 17.2. The molecule has 6 N–H and O–H groups in total. The van der Waals surface area contributed by atoms with Crippen molar-refractivity contribution in [1.29, 1.82) is 0 Å². The van der Waals surface area contributed by atoms with Crippen LogP contribution >= 0.6 is 31.9 Å². The number of hydrogen-bond donors (Lipinski definition) is 4. The van der Waals surface area contributed by atoms with E-state index < -0.39 is 0 Å². The monoisotopic (exact) mass is 604 g/mol. The maximum absolute atomic E-state index is 14.0. The van der Waals surface area contributed by atoms with E-state index in [1.54, 1.807) is 12.1 Å². The number of aryl methyl sites for hydroxylation is 2. The van der Waals surface area contributed by atoms with Crippen LogP contribution in [0.2, 0.25) is 0 Å². The van der Waals surface area contributed by atoms with Crippen LogP contribution in [0.1, 0.15) is 43.0 Å². The number of carbonyl (C=O) groups excluding carboxylic acids is 2. The van der Waals surface area contributed by atoms with Gasteiger partial charge in [0.05, 0.1) is 45.0 Å². The summed E-state index contributed by atoms with van der Waals surface area (Å²) in [5.41, 5.74) is 18.5. The highest BCUT2D eigenvalue weighted by atomic mass is 79.9. The number of nitrogens with two attached hydrogens (primary N) is 2. The lowest BCUT2D eigenvalue weighted by molar-refractivity contribution is 0.0981. The fraction of sp³-hybridized carbons (Fsp3) is 0.0714. The van der Waals surface area contributed by atoms with Crippen molar-refractivity contribution < 1.29 is 9.59 Å². The van der Waals surface area contributed by atoms with Gasteiger partial charge in [-0.2, -0.15) is 0 Å². The number of halogens is 2. The number of nitrogens with one attached hydrogen (secondary N) is 2. The third-order valence-electron chi connectivity index (χ3n) is 6.20. The molecule has 0 atom stereocenters. The van der Waals surface area contributed by atoms with Gasteiger partial charge in [-0.3, -0.25) is 9.59 Å². The van der Waals surface area contributed by atoms with Gasteiger partial charge < -0.3 is 22.1 Å². The van der Waals surface area contributed by atoms with Crippen molar-refractivity contribution in [2.24, 2.45) is 0 Å². The molecule has 0 spiro atoms. The van der Waals surface area contributed by atoms with Gasteiger partial charge in [-0.25, -0.2) is 0 Å². The minimum absolute atomic E-state index is 0.144. The number of hydrogen-bond acceptors (Lipinski definition) is 6. The summed E-state index contributed by atoms with van der Waals surface area (Å²) in [6.45, 7) is 3.99. The fourth-order valence-electron chi connectivity index (χ4n) is 4.31. The first-order valence-corrected chi connectivity index (χ1v) is 12.7. The molecule has 4 aromatic carbocycles. The second kappa shape index (κ2) is 9.11. The Bertz CT molecular complexity index is 1440. The molecule has 0 unspecified atom stereocenters. The van der Waals surface area contributed by atoms with Crippen LogP contribution in [0, 0.1) is 13.8 Å². The number of fused-ring (bicyclic) bond motifs is 2. The molecule has 180 valence electrons. The standard InChI is InChI=1S/C28H22Br2N4O2/c1-13-3-7-15(8-4-13)33-19-11-17(29)25(31)23-21(19)27(35)24-22(28(23)36)20(12-18(30)26(24)32)34-16-9-5-14(2)6-10-16/h3-12,33-34H,31-32H2,1-2H3. The highest BCUT2D eigenvalue weighted by molar-refractivity contribution is 9.11. The number of anilines is 6. The molecule has 0 saturated heterocycles. The molecule has 1 aliphatic carbocycles. The molecule has 0 heterocycles. The van der Waals surface area contributed by atoms with Gasteiger partial charge in [0.25, 0.3) is 0 Å². The Morgan fingerprint density at radius 3 is 1.25 bits per heavy atom. The molecule has 0 aromatic heterocycles.